The molecule has 0 amide bonds. The molecule has 42 heavy (non-hydrogen) atoms. The van der Waals surface area contributed by atoms with Gasteiger partial charge in [0.25, 0.3) is 0 Å². The molecule has 0 saturated heterocycles. The Morgan fingerprint density at radius 3 is 0.690 bits per heavy atom. The molecule has 0 spiro atoms. The minimum atomic E-state index is 1.29. The number of rotatable bonds is 3. The van der Waals surface area contributed by atoms with E-state index in [4.69, 9.17) is 0 Å². The van der Waals surface area contributed by atoms with Crippen LogP contribution in [0.15, 0.2) is 146 Å². The fourth-order valence-corrected chi connectivity index (χ4v) is 4.63. The average molecular weight is 547 g/mol. The maximum Gasteiger partial charge on any atom is -0.0181 e. The van der Waals surface area contributed by atoms with E-state index < -0.39 is 0 Å². The predicted octanol–water partition coefficient (Wildman–Crippen LogP) is 11.9. The Hall–Kier alpha value is -4.68. The molecule has 0 heterocycles. The lowest BCUT2D eigenvalue weighted by atomic mass is 10.0. The number of aryl methyl sites for hydroxylation is 6. The number of hydrogen-bond acceptors (Lipinski definition) is 0. The smallest absolute Gasteiger partial charge is 0.0181 e. The summed E-state index contributed by atoms with van der Waals surface area (Å²) < 4.78 is 0. The number of hydrogen-bond donors (Lipinski definition) is 0. The Balaban J connectivity index is 0.000000145. The molecule has 0 saturated carbocycles. The molecule has 6 aromatic rings. The van der Waals surface area contributed by atoms with Gasteiger partial charge in [0.05, 0.1) is 0 Å². The summed E-state index contributed by atoms with van der Waals surface area (Å²) in [5, 5.41) is 0. The number of benzene rings is 6. The second-order valence-corrected chi connectivity index (χ2v) is 11.2. The lowest BCUT2D eigenvalue weighted by molar-refractivity contribution is 1.44. The lowest BCUT2D eigenvalue weighted by Crippen LogP contribution is -1.79. The van der Waals surface area contributed by atoms with Gasteiger partial charge in [-0.15, -0.1) is 0 Å². The normalized spacial score (nSPS) is 10.1. The zero-order valence-electron chi connectivity index (χ0n) is 25.9. The van der Waals surface area contributed by atoms with E-state index in [-0.39, 0.29) is 0 Å². The summed E-state index contributed by atoms with van der Waals surface area (Å²) in [4.78, 5) is 0. The first-order valence-corrected chi connectivity index (χ1v) is 14.7. The molecule has 6 aromatic carbocycles. The third-order valence-electron chi connectivity index (χ3n) is 7.24. The van der Waals surface area contributed by atoms with Gasteiger partial charge in [0.15, 0.2) is 0 Å². The molecule has 0 N–H and O–H groups in total. The third-order valence-corrected chi connectivity index (χ3v) is 7.24. The van der Waals surface area contributed by atoms with Crippen LogP contribution in [0.3, 0.4) is 0 Å². The first kappa shape index (κ1) is 30.3. The molecule has 0 nitrogen and oxygen atoms in total. The minimum absolute atomic E-state index is 1.29. The van der Waals surface area contributed by atoms with Gasteiger partial charge in [0.2, 0.25) is 0 Å². The average Bonchev–Trinajstić information content (AvgIpc) is 3.00. The Labute approximate surface area is 253 Å². The molecule has 0 heteroatoms. The van der Waals surface area contributed by atoms with E-state index in [1.807, 2.05) is 0 Å². The highest BCUT2D eigenvalue weighted by molar-refractivity contribution is 5.65. The van der Waals surface area contributed by atoms with E-state index in [0.717, 1.165) is 0 Å². The molecule has 0 aromatic heterocycles. The Morgan fingerprint density at radius 2 is 0.452 bits per heavy atom. The highest BCUT2D eigenvalue weighted by Crippen LogP contribution is 2.22. The van der Waals surface area contributed by atoms with Crippen molar-refractivity contribution in [2.45, 2.75) is 41.5 Å². The van der Waals surface area contributed by atoms with Crippen LogP contribution in [-0.2, 0) is 0 Å². The van der Waals surface area contributed by atoms with Crippen molar-refractivity contribution >= 4 is 0 Å². The van der Waals surface area contributed by atoms with E-state index in [1.54, 1.807) is 0 Å². The maximum absolute atomic E-state index is 2.21. The van der Waals surface area contributed by atoms with E-state index in [0.29, 0.717) is 0 Å². The summed E-state index contributed by atoms with van der Waals surface area (Å²) in [7, 11) is 0. The topological polar surface area (TPSA) is 0 Å². The van der Waals surface area contributed by atoms with Gasteiger partial charge in [-0.3, -0.25) is 0 Å². The summed E-state index contributed by atoms with van der Waals surface area (Å²) >= 11 is 0. The van der Waals surface area contributed by atoms with Crippen molar-refractivity contribution in [3.63, 3.8) is 0 Å². The SMILES string of the molecule is Cc1ccc(-c2ccc(C)cc2)cc1.Cc1ccc(-c2cccc(C)c2)cc1.Cc1ccc(-c2cccc(C)c2)cc1. The highest BCUT2D eigenvalue weighted by Gasteiger charge is 1.98. The predicted molar refractivity (Wildman–Crippen MR) is 184 cm³/mol. The Bertz CT molecular complexity index is 1540. The van der Waals surface area contributed by atoms with Crippen LogP contribution < -0.4 is 0 Å². The van der Waals surface area contributed by atoms with E-state index in [9.17, 15) is 0 Å². The Kier molecular flexibility index (Phi) is 10.7. The zero-order chi connectivity index (χ0) is 29.9. The van der Waals surface area contributed by atoms with E-state index in [2.05, 4.69) is 187 Å². The van der Waals surface area contributed by atoms with Crippen molar-refractivity contribution in [1.82, 2.24) is 0 Å². The van der Waals surface area contributed by atoms with Crippen LogP contribution >= 0.6 is 0 Å². The summed E-state index contributed by atoms with van der Waals surface area (Å²) in [6.07, 6.45) is 0. The van der Waals surface area contributed by atoms with Gasteiger partial charge in [-0.25, -0.2) is 0 Å². The van der Waals surface area contributed by atoms with Crippen LogP contribution in [-0.4, -0.2) is 0 Å². The van der Waals surface area contributed by atoms with Gasteiger partial charge in [-0.1, -0.05) is 179 Å². The summed E-state index contributed by atoms with van der Waals surface area (Å²) in [6.45, 7) is 12.7. The van der Waals surface area contributed by atoms with Gasteiger partial charge in [0.1, 0.15) is 0 Å². The quantitative estimate of drug-likeness (QED) is 0.207. The van der Waals surface area contributed by atoms with Crippen LogP contribution in [0.25, 0.3) is 33.4 Å². The second kappa shape index (κ2) is 14.8. The molecular formula is C42H42. The van der Waals surface area contributed by atoms with Crippen molar-refractivity contribution < 1.29 is 0 Å². The fourth-order valence-electron chi connectivity index (χ4n) is 4.63. The van der Waals surface area contributed by atoms with Gasteiger partial charge in [-0.2, -0.15) is 0 Å². The molecule has 0 aliphatic heterocycles. The molecule has 0 radical (unpaired) electrons. The summed E-state index contributed by atoms with van der Waals surface area (Å²) in [5.41, 5.74) is 15.6. The first-order valence-electron chi connectivity index (χ1n) is 14.7. The Morgan fingerprint density at radius 1 is 0.214 bits per heavy atom. The second-order valence-electron chi connectivity index (χ2n) is 11.2. The molecule has 0 aliphatic carbocycles. The van der Waals surface area contributed by atoms with Crippen LogP contribution in [0.1, 0.15) is 33.4 Å². The largest absolute Gasteiger partial charge is 0.0614 e. The monoisotopic (exact) mass is 546 g/mol. The van der Waals surface area contributed by atoms with Crippen LogP contribution in [0.4, 0.5) is 0 Å². The van der Waals surface area contributed by atoms with E-state index in [1.165, 1.54) is 66.8 Å². The van der Waals surface area contributed by atoms with E-state index >= 15 is 0 Å². The van der Waals surface area contributed by atoms with Gasteiger partial charge >= 0.3 is 0 Å². The summed E-state index contributed by atoms with van der Waals surface area (Å²) in [5.74, 6) is 0. The standard InChI is InChI=1S/3C14H14/c1-11-3-7-13(8-4-11)14-9-5-12(2)6-10-14;2*1-11-6-8-13(9-7-11)14-5-3-4-12(2)10-14/h3*3-10H,1-2H3. The van der Waals surface area contributed by atoms with Crippen LogP contribution in [0, 0.1) is 41.5 Å². The van der Waals surface area contributed by atoms with Crippen molar-refractivity contribution in [1.29, 1.82) is 0 Å². The van der Waals surface area contributed by atoms with Crippen molar-refractivity contribution in [2.24, 2.45) is 0 Å². The molecular weight excluding hydrogens is 504 g/mol. The van der Waals surface area contributed by atoms with Crippen molar-refractivity contribution in [3.05, 3.63) is 179 Å². The third kappa shape index (κ3) is 9.18. The molecule has 0 unspecified atom stereocenters. The zero-order valence-corrected chi connectivity index (χ0v) is 25.9. The molecule has 0 bridgehead atoms. The lowest BCUT2D eigenvalue weighted by Gasteiger charge is -2.02. The van der Waals surface area contributed by atoms with Gasteiger partial charge in [-0.05, 0) is 74.9 Å². The van der Waals surface area contributed by atoms with Gasteiger partial charge in [0, 0.05) is 0 Å². The van der Waals surface area contributed by atoms with Crippen LogP contribution in [0.5, 0.6) is 0 Å². The minimum Gasteiger partial charge on any atom is -0.0614 e. The molecule has 210 valence electrons. The van der Waals surface area contributed by atoms with Crippen molar-refractivity contribution in [3.8, 4) is 33.4 Å². The fraction of sp³-hybridized carbons (Fsp3) is 0.143. The molecule has 0 fully saturated rings. The van der Waals surface area contributed by atoms with Gasteiger partial charge < -0.3 is 0 Å². The summed E-state index contributed by atoms with van der Waals surface area (Å²) in [6, 6.07) is 51.7. The molecule has 0 aliphatic rings. The molecule has 0 atom stereocenters. The highest BCUT2D eigenvalue weighted by atomic mass is 14.0. The molecule has 6 rings (SSSR count). The van der Waals surface area contributed by atoms with Crippen LogP contribution in [0.2, 0.25) is 0 Å². The van der Waals surface area contributed by atoms with Crippen molar-refractivity contribution in [2.75, 3.05) is 0 Å². The maximum atomic E-state index is 2.21. The first-order chi connectivity index (χ1) is 20.3.